The first-order chi connectivity index (χ1) is 9.76. The molecule has 0 bridgehead atoms. The summed E-state index contributed by atoms with van der Waals surface area (Å²) in [7, 11) is 0. The van der Waals surface area contributed by atoms with Gasteiger partial charge in [0.05, 0.1) is 6.61 Å². The molecule has 1 aromatic heterocycles. The molecular weight excluding hydrogens is 272 g/mol. The zero-order chi connectivity index (χ0) is 15.9. The van der Waals surface area contributed by atoms with E-state index >= 15 is 0 Å². The minimum Gasteiger partial charge on any atom is -0.478 e. The number of nitrogens with one attached hydrogen (secondary N) is 1. The molecule has 21 heavy (non-hydrogen) atoms. The van der Waals surface area contributed by atoms with Crippen LogP contribution in [0.5, 0.6) is 5.88 Å². The fourth-order valence-corrected chi connectivity index (χ4v) is 1.54. The quantitative estimate of drug-likeness (QED) is 0.779. The fraction of sp³-hybridized carbons (Fsp3) is 0.643. The Bertz CT molecular complexity index is 452. The van der Waals surface area contributed by atoms with Gasteiger partial charge < -0.3 is 20.5 Å². The van der Waals surface area contributed by atoms with Crippen LogP contribution in [0.15, 0.2) is 6.07 Å². The molecule has 7 nitrogen and oxygen atoms in total. The number of ether oxygens (including phenoxy) is 2. The van der Waals surface area contributed by atoms with Gasteiger partial charge in [-0.3, -0.25) is 0 Å². The lowest BCUT2D eigenvalue weighted by molar-refractivity contribution is 0.0526. The Hall–Kier alpha value is -2.05. The molecule has 1 rings (SSSR count). The van der Waals surface area contributed by atoms with Crippen LogP contribution < -0.4 is 15.8 Å². The number of carbonyl (C=O) groups excluding carboxylic acids is 1. The standard InChI is InChI=1S/C14H24N4O3/c1-10-9-11(18-12(15)17-10)20-8-6-5-7-16-13(19)21-14(2,3)4/h9H,5-8H2,1-4H3,(H,16,19)(H2,15,17,18). The molecule has 0 aromatic carbocycles. The highest BCUT2D eigenvalue weighted by Crippen LogP contribution is 2.10. The summed E-state index contributed by atoms with van der Waals surface area (Å²) in [6, 6.07) is 1.73. The predicted molar refractivity (Wildman–Crippen MR) is 80.1 cm³/mol. The van der Waals surface area contributed by atoms with Crippen molar-refractivity contribution in [1.82, 2.24) is 15.3 Å². The summed E-state index contributed by atoms with van der Waals surface area (Å²) in [6.07, 6.45) is 1.18. The van der Waals surface area contributed by atoms with Crippen molar-refractivity contribution in [2.45, 2.75) is 46.1 Å². The maximum atomic E-state index is 11.4. The SMILES string of the molecule is Cc1cc(OCCCCNC(=O)OC(C)(C)C)nc(N)n1. The van der Waals surface area contributed by atoms with E-state index < -0.39 is 11.7 Å². The summed E-state index contributed by atoms with van der Waals surface area (Å²) in [6.45, 7) is 8.37. The Labute approximate surface area is 125 Å². The normalized spacial score (nSPS) is 11.0. The van der Waals surface area contributed by atoms with E-state index in [9.17, 15) is 4.79 Å². The third kappa shape index (κ3) is 7.96. The minimum atomic E-state index is -0.474. The molecule has 0 radical (unpaired) electrons. The van der Waals surface area contributed by atoms with E-state index in [2.05, 4.69) is 15.3 Å². The van der Waals surface area contributed by atoms with Gasteiger partial charge in [0, 0.05) is 18.3 Å². The van der Waals surface area contributed by atoms with Crippen molar-refractivity contribution in [2.24, 2.45) is 0 Å². The number of aromatic nitrogens is 2. The molecule has 0 saturated carbocycles. The summed E-state index contributed by atoms with van der Waals surface area (Å²) in [4.78, 5) is 19.3. The maximum Gasteiger partial charge on any atom is 0.407 e. The lowest BCUT2D eigenvalue weighted by Crippen LogP contribution is -2.33. The number of carbonyl (C=O) groups is 1. The molecule has 0 aliphatic rings. The summed E-state index contributed by atoms with van der Waals surface area (Å²) < 4.78 is 10.6. The first kappa shape index (κ1) is 17.0. The Morgan fingerprint density at radius 2 is 2.05 bits per heavy atom. The second-order valence-electron chi connectivity index (χ2n) is 5.69. The predicted octanol–water partition coefficient (Wildman–Crippen LogP) is 2.05. The molecule has 118 valence electrons. The van der Waals surface area contributed by atoms with E-state index in [0.717, 1.165) is 18.5 Å². The number of alkyl carbamates (subject to hydrolysis) is 1. The molecule has 1 amide bonds. The molecule has 0 aliphatic carbocycles. The number of nitrogens with zero attached hydrogens (tertiary/aromatic N) is 2. The van der Waals surface area contributed by atoms with E-state index in [4.69, 9.17) is 15.2 Å². The summed E-state index contributed by atoms with van der Waals surface area (Å²) in [5.41, 5.74) is 5.82. The van der Waals surface area contributed by atoms with Gasteiger partial charge in [-0.15, -0.1) is 0 Å². The van der Waals surface area contributed by atoms with Gasteiger partial charge in [-0.2, -0.15) is 4.98 Å². The van der Waals surface area contributed by atoms with Gasteiger partial charge in [-0.05, 0) is 40.5 Å². The lowest BCUT2D eigenvalue weighted by atomic mass is 10.2. The van der Waals surface area contributed by atoms with Gasteiger partial charge in [-0.1, -0.05) is 0 Å². The zero-order valence-corrected chi connectivity index (χ0v) is 13.1. The number of hydrogen-bond donors (Lipinski definition) is 2. The third-order valence-electron chi connectivity index (χ3n) is 2.34. The number of amides is 1. The van der Waals surface area contributed by atoms with Gasteiger partial charge in [0.15, 0.2) is 0 Å². The topological polar surface area (TPSA) is 99.4 Å². The summed E-state index contributed by atoms with van der Waals surface area (Å²) >= 11 is 0. The van der Waals surface area contributed by atoms with Gasteiger partial charge in [-0.25, -0.2) is 9.78 Å². The van der Waals surface area contributed by atoms with Gasteiger partial charge in [0.2, 0.25) is 11.8 Å². The number of anilines is 1. The second-order valence-corrected chi connectivity index (χ2v) is 5.69. The van der Waals surface area contributed by atoms with Crippen LogP contribution in [0.1, 0.15) is 39.3 Å². The van der Waals surface area contributed by atoms with Crippen molar-refractivity contribution in [3.63, 3.8) is 0 Å². The first-order valence-electron chi connectivity index (χ1n) is 6.97. The van der Waals surface area contributed by atoms with Gasteiger partial charge in [0.1, 0.15) is 5.60 Å². The van der Waals surface area contributed by atoms with Crippen molar-refractivity contribution in [3.8, 4) is 5.88 Å². The molecular formula is C14H24N4O3. The highest BCUT2D eigenvalue weighted by atomic mass is 16.6. The summed E-state index contributed by atoms with van der Waals surface area (Å²) in [5, 5.41) is 2.69. The number of aryl methyl sites for hydroxylation is 1. The Morgan fingerprint density at radius 1 is 1.33 bits per heavy atom. The zero-order valence-electron chi connectivity index (χ0n) is 13.1. The van der Waals surface area contributed by atoms with E-state index in [0.29, 0.717) is 19.0 Å². The molecule has 7 heteroatoms. The second kappa shape index (κ2) is 7.66. The largest absolute Gasteiger partial charge is 0.478 e. The highest BCUT2D eigenvalue weighted by Gasteiger charge is 2.15. The number of hydrogen-bond acceptors (Lipinski definition) is 6. The van der Waals surface area contributed by atoms with Crippen LogP contribution in [0.2, 0.25) is 0 Å². The fourth-order valence-electron chi connectivity index (χ4n) is 1.54. The van der Waals surface area contributed by atoms with E-state index in [-0.39, 0.29) is 5.95 Å². The molecule has 0 aliphatic heterocycles. The van der Waals surface area contributed by atoms with E-state index in [1.165, 1.54) is 0 Å². The van der Waals surface area contributed by atoms with E-state index in [1.54, 1.807) is 6.07 Å². The van der Waals surface area contributed by atoms with Gasteiger partial charge in [0.25, 0.3) is 0 Å². The third-order valence-corrected chi connectivity index (χ3v) is 2.34. The van der Waals surface area contributed by atoms with Crippen molar-refractivity contribution in [2.75, 3.05) is 18.9 Å². The van der Waals surface area contributed by atoms with Gasteiger partial charge >= 0.3 is 6.09 Å². The van der Waals surface area contributed by atoms with Crippen molar-refractivity contribution in [1.29, 1.82) is 0 Å². The number of unbranched alkanes of at least 4 members (excludes halogenated alkanes) is 1. The van der Waals surface area contributed by atoms with E-state index in [1.807, 2.05) is 27.7 Å². The smallest absolute Gasteiger partial charge is 0.407 e. The Kier molecular flexibility index (Phi) is 6.20. The molecule has 0 atom stereocenters. The number of nitrogen functional groups attached to an aromatic ring is 1. The number of nitrogens with two attached hydrogens (primary N) is 1. The average Bonchev–Trinajstić information content (AvgIpc) is 2.30. The van der Waals surface area contributed by atoms with Crippen molar-refractivity contribution in [3.05, 3.63) is 11.8 Å². The van der Waals surface area contributed by atoms with Crippen LogP contribution in [-0.4, -0.2) is 34.8 Å². The highest BCUT2D eigenvalue weighted by molar-refractivity contribution is 5.67. The molecule has 1 heterocycles. The van der Waals surface area contributed by atoms with Crippen molar-refractivity contribution < 1.29 is 14.3 Å². The van der Waals surface area contributed by atoms with Crippen LogP contribution in [0, 0.1) is 6.92 Å². The molecule has 0 unspecified atom stereocenters. The molecule has 3 N–H and O–H groups in total. The van der Waals surface area contributed by atoms with Crippen LogP contribution in [-0.2, 0) is 4.74 Å². The monoisotopic (exact) mass is 296 g/mol. The van der Waals surface area contributed by atoms with Crippen LogP contribution in [0.3, 0.4) is 0 Å². The maximum absolute atomic E-state index is 11.4. The molecule has 1 aromatic rings. The average molecular weight is 296 g/mol. The molecule has 0 fully saturated rings. The number of rotatable bonds is 6. The minimum absolute atomic E-state index is 0.205. The molecule has 0 spiro atoms. The molecule has 0 saturated heterocycles. The van der Waals surface area contributed by atoms with Crippen molar-refractivity contribution >= 4 is 12.0 Å². The Morgan fingerprint density at radius 3 is 2.67 bits per heavy atom. The first-order valence-corrected chi connectivity index (χ1v) is 6.97. The van der Waals surface area contributed by atoms with Crippen LogP contribution in [0.25, 0.3) is 0 Å². The lowest BCUT2D eigenvalue weighted by Gasteiger charge is -2.19. The summed E-state index contributed by atoms with van der Waals surface area (Å²) in [5.74, 6) is 0.677. The Balaban J connectivity index is 2.13. The van der Waals surface area contributed by atoms with Crippen LogP contribution in [0.4, 0.5) is 10.7 Å². The van der Waals surface area contributed by atoms with Crippen LogP contribution >= 0.6 is 0 Å².